The highest BCUT2D eigenvalue weighted by atomic mass is 19.1. The fraction of sp³-hybridized carbons (Fsp3) is 0.300. The number of halogens is 1. The Morgan fingerprint density at radius 3 is 2.82 bits per heavy atom. The largest absolute Gasteiger partial charge is 0.383 e. The zero-order valence-electron chi connectivity index (χ0n) is 15.6. The average molecular weight is 381 g/mol. The third-order valence-corrected chi connectivity index (χ3v) is 5.02. The first-order valence-corrected chi connectivity index (χ1v) is 9.08. The van der Waals surface area contributed by atoms with Crippen LogP contribution in [0.4, 0.5) is 16.0 Å². The van der Waals surface area contributed by atoms with Gasteiger partial charge in [-0.2, -0.15) is 0 Å². The van der Waals surface area contributed by atoms with E-state index in [-0.39, 0.29) is 17.9 Å². The molecule has 0 unspecified atom stereocenters. The van der Waals surface area contributed by atoms with Crippen LogP contribution in [0, 0.1) is 5.92 Å². The van der Waals surface area contributed by atoms with Gasteiger partial charge in [0.1, 0.15) is 17.8 Å². The van der Waals surface area contributed by atoms with E-state index in [4.69, 9.17) is 5.73 Å². The first-order valence-electron chi connectivity index (χ1n) is 9.08. The van der Waals surface area contributed by atoms with Crippen LogP contribution in [-0.2, 0) is 18.3 Å². The molecule has 3 aromatic rings. The monoisotopic (exact) mass is 381 g/mol. The molecule has 0 radical (unpaired) electrons. The second kappa shape index (κ2) is 6.70. The van der Waals surface area contributed by atoms with E-state index in [1.807, 2.05) is 13.0 Å². The van der Waals surface area contributed by atoms with Crippen LogP contribution in [0.15, 0.2) is 35.4 Å². The van der Waals surface area contributed by atoms with Gasteiger partial charge in [0.2, 0.25) is 5.91 Å². The Labute approximate surface area is 160 Å². The summed E-state index contributed by atoms with van der Waals surface area (Å²) >= 11 is 0. The normalized spacial score (nSPS) is 18.2. The topological polar surface area (TPSA) is 103 Å². The molecule has 4 rings (SSSR count). The molecule has 1 aliphatic carbocycles. The lowest BCUT2D eigenvalue weighted by molar-refractivity contribution is -0.117. The van der Waals surface area contributed by atoms with Crippen molar-refractivity contribution in [3.63, 3.8) is 0 Å². The molecule has 144 valence electrons. The average Bonchev–Trinajstić information content (AvgIpc) is 3.40. The minimum absolute atomic E-state index is 0.0881. The second-order valence-electron chi connectivity index (χ2n) is 7.05. The molecular formula is C20H20FN5O2. The fourth-order valence-electron chi connectivity index (χ4n) is 3.23. The van der Waals surface area contributed by atoms with E-state index in [9.17, 15) is 14.0 Å². The van der Waals surface area contributed by atoms with Crippen LogP contribution >= 0.6 is 0 Å². The third-order valence-electron chi connectivity index (χ3n) is 5.02. The van der Waals surface area contributed by atoms with Gasteiger partial charge in [-0.3, -0.25) is 9.59 Å². The first-order chi connectivity index (χ1) is 13.4. The van der Waals surface area contributed by atoms with Crippen molar-refractivity contribution in [3.05, 3.63) is 46.5 Å². The minimum Gasteiger partial charge on any atom is -0.383 e. The number of nitrogens with zero attached hydrogens (tertiary/aromatic N) is 3. The molecule has 1 amide bonds. The number of hydrogen-bond acceptors (Lipinski definition) is 5. The number of nitrogens with two attached hydrogens (primary N) is 1. The Hall–Kier alpha value is -3.29. The summed E-state index contributed by atoms with van der Waals surface area (Å²) in [6.07, 6.45) is 3.15. The molecule has 8 heteroatoms. The lowest BCUT2D eigenvalue weighted by Gasteiger charge is -2.12. The van der Waals surface area contributed by atoms with E-state index in [2.05, 4.69) is 15.3 Å². The lowest BCUT2D eigenvalue weighted by atomic mass is 10.0. The summed E-state index contributed by atoms with van der Waals surface area (Å²) in [7, 11) is 1.68. The van der Waals surface area contributed by atoms with E-state index in [1.54, 1.807) is 31.6 Å². The molecule has 7 nitrogen and oxygen atoms in total. The van der Waals surface area contributed by atoms with Gasteiger partial charge in [0.15, 0.2) is 0 Å². The lowest BCUT2D eigenvalue weighted by Crippen LogP contribution is -2.17. The van der Waals surface area contributed by atoms with E-state index in [1.165, 1.54) is 4.57 Å². The maximum Gasteiger partial charge on any atom is 0.250 e. The highest BCUT2D eigenvalue weighted by Crippen LogP contribution is 2.35. The highest BCUT2D eigenvalue weighted by Gasteiger charge is 2.43. The number of aryl methyl sites for hydroxylation is 2. The number of hydrogen-bond donors (Lipinski definition) is 2. The molecule has 3 heterocycles. The number of nitrogens with one attached hydrogen (secondary N) is 1. The summed E-state index contributed by atoms with van der Waals surface area (Å²) in [4.78, 5) is 32.6. The molecule has 2 atom stereocenters. The molecule has 28 heavy (non-hydrogen) atoms. The van der Waals surface area contributed by atoms with Gasteiger partial charge in [0.05, 0.1) is 11.6 Å². The number of aromatic nitrogens is 3. The number of anilines is 2. The number of rotatable bonds is 4. The van der Waals surface area contributed by atoms with Gasteiger partial charge in [0.25, 0.3) is 5.56 Å². The number of fused-ring (bicyclic) bond motifs is 1. The number of nitrogen functional groups attached to an aromatic ring is 1. The van der Waals surface area contributed by atoms with Crippen molar-refractivity contribution < 1.29 is 9.18 Å². The number of carbonyl (C=O) groups excluding carboxylic acids is 1. The van der Waals surface area contributed by atoms with Crippen LogP contribution in [0.1, 0.15) is 18.9 Å². The number of pyridine rings is 3. The van der Waals surface area contributed by atoms with Gasteiger partial charge in [-0.25, -0.2) is 14.4 Å². The van der Waals surface area contributed by atoms with Crippen molar-refractivity contribution in [2.75, 3.05) is 11.1 Å². The van der Waals surface area contributed by atoms with Crippen LogP contribution in [0.2, 0.25) is 0 Å². The second-order valence-corrected chi connectivity index (χ2v) is 7.05. The Kier molecular flexibility index (Phi) is 4.33. The number of alkyl halides is 1. The van der Waals surface area contributed by atoms with Gasteiger partial charge in [-0.05, 0) is 35.9 Å². The van der Waals surface area contributed by atoms with Crippen LogP contribution < -0.4 is 16.6 Å². The smallest absolute Gasteiger partial charge is 0.250 e. The van der Waals surface area contributed by atoms with Crippen molar-refractivity contribution in [2.45, 2.75) is 25.9 Å². The molecule has 0 bridgehead atoms. The summed E-state index contributed by atoms with van der Waals surface area (Å²) in [5, 5.41) is 4.05. The molecule has 0 aromatic carbocycles. The zero-order chi connectivity index (χ0) is 20.0. The number of carbonyl (C=O) groups is 1. The quantitative estimate of drug-likeness (QED) is 0.723. The van der Waals surface area contributed by atoms with Gasteiger partial charge in [-0.15, -0.1) is 0 Å². The Morgan fingerprint density at radius 2 is 2.14 bits per heavy atom. The maximum absolute atomic E-state index is 13.1. The molecule has 1 saturated carbocycles. The molecule has 0 spiro atoms. The van der Waals surface area contributed by atoms with Crippen LogP contribution in [0.25, 0.3) is 22.0 Å². The van der Waals surface area contributed by atoms with E-state index < -0.39 is 12.1 Å². The van der Waals surface area contributed by atoms with Gasteiger partial charge < -0.3 is 15.6 Å². The third kappa shape index (κ3) is 3.21. The number of amides is 1. The van der Waals surface area contributed by atoms with Crippen molar-refractivity contribution >= 4 is 28.3 Å². The predicted octanol–water partition coefficient (Wildman–Crippen LogP) is 2.44. The van der Waals surface area contributed by atoms with Crippen molar-refractivity contribution in [3.8, 4) is 11.3 Å². The Balaban J connectivity index is 1.77. The molecule has 3 N–H and O–H groups in total. The molecule has 1 aliphatic rings. The zero-order valence-corrected chi connectivity index (χ0v) is 15.6. The van der Waals surface area contributed by atoms with Gasteiger partial charge in [0, 0.05) is 36.5 Å². The van der Waals surface area contributed by atoms with Crippen molar-refractivity contribution in [1.29, 1.82) is 0 Å². The predicted molar refractivity (Wildman–Crippen MR) is 106 cm³/mol. The summed E-state index contributed by atoms with van der Waals surface area (Å²) in [6.45, 7) is 1.97. The summed E-state index contributed by atoms with van der Waals surface area (Å²) in [6, 6.07) is 5.13. The summed E-state index contributed by atoms with van der Waals surface area (Å²) in [5.74, 6) is -0.314. The molecule has 0 saturated heterocycles. The molecular weight excluding hydrogens is 361 g/mol. The van der Waals surface area contributed by atoms with Gasteiger partial charge in [-0.1, -0.05) is 6.92 Å². The molecule has 1 fully saturated rings. The maximum atomic E-state index is 13.1. The first kappa shape index (κ1) is 18.1. The highest BCUT2D eigenvalue weighted by molar-refractivity contribution is 5.98. The standard InChI is InChI=1S/C20H20FN5O2/c1-3-10-6-18(27)26(2)9-14(10)16-4-11-5-17(23-8-13(11)19(22)24-16)25-20(28)12-7-15(12)21/h4-6,8-9,12,15H,3,7H2,1-2H3,(H2,22,24)(H,23,25,28)/t12-,15+/m0/s1. The molecule has 3 aromatic heterocycles. The van der Waals surface area contributed by atoms with E-state index in [0.717, 1.165) is 16.5 Å². The minimum atomic E-state index is -1.07. The van der Waals surface area contributed by atoms with Crippen molar-refractivity contribution in [1.82, 2.24) is 14.5 Å². The molecule has 0 aliphatic heterocycles. The summed E-state index contributed by atoms with van der Waals surface area (Å²) in [5.41, 5.74) is 8.36. The Bertz CT molecular complexity index is 1160. The van der Waals surface area contributed by atoms with Crippen LogP contribution in [-0.4, -0.2) is 26.6 Å². The van der Waals surface area contributed by atoms with Crippen LogP contribution in [0.5, 0.6) is 0 Å². The SMILES string of the molecule is CCc1cc(=O)n(C)cc1-c1cc2cc(NC(=O)[C@H]3C[C@H]3F)ncc2c(N)n1. The van der Waals surface area contributed by atoms with Crippen molar-refractivity contribution in [2.24, 2.45) is 13.0 Å². The van der Waals surface area contributed by atoms with E-state index in [0.29, 0.717) is 29.1 Å². The summed E-state index contributed by atoms with van der Waals surface area (Å²) < 4.78 is 14.6. The fourth-order valence-corrected chi connectivity index (χ4v) is 3.23. The van der Waals surface area contributed by atoms with Gasteiger partial charge >= 0.3 is 0 Å². The van der Waals surface area contributed by atoms with Crippen LogP contribution in [0.3, 0.4) is 0 Å². The van der Waals surface area contributed by atoms with E-state index >= 15 is 0 Å². The Morgan fingerprint density at radius 1 is 1.39 bits per heavy atom.